The number of para-hydroxylation sites is 1. The van der Waals surface area contributed by atoms with Crippen LogP contribution in [0.25, 0.3) is 11.1 Å². The fourth-order valence-corrected chi connectivity index (χ4v) is 6.15. The maximum Gasteiger partial charge on any atom is 0.0991 e. The van der Waals surface area contributed by atoms with Crippen molar-refractivity contribution in [2.75, 3.05) is 4.90 Å². The standard InChI is InChI=1S/C33H19N3/c34-20-22-14-16-31-29(18-22)33(27-12-6-4-10-25(27)26-11-5-7-13-28(26)33)30-19-23(21-35)15-17-32(30)36(31)24-8-2-1-3-9-24/h1-19H. The molecule has 0 amide bonds. The molecule has 1 aliphatic heterocycles. The number of hydrogen-bond acceptors (Lipinski definition) is 3. The minimum atomic E-state index is -0.650. The molecular formula is C33H19N3. The summed E-state index contributed by atoms with van der Waals surface area (Å²) in [4.78, 5) is 2.25. The molecular weight excluding hydrogens is 438 g/mol. The minimum absolute atomic E-state index is 0.614. The lowest BCUT2D eigenvalue weighted by atomic mass is 9.64. The molecule has 1 aliphatic carbocycles. The Bertz CT molecular complexity index is 1660. The molecule has 0 saturated carbocycles. The zero-order chi connectivity index (χ0) is 24.3. The van der Waals surface area contributed by atoms with Crippen LogP contribution in [-0.2, 0) is 5.41 Å². The minimum Gasteiger partial charge on any atom is -0.310 e. The highest BCUT2D eigenvalue weighted by molar-refractivity contribution is 5.96. The van der Waals surface area contributed by atoms with Gasteiger partial charge in [0.1, 0.15) is 0 Å². The van der Waals surface area contributed by atoms with E-state index in [1.54, 1.807) is 0 Å². The Morgan fingerprint density at radius 3 is 1.47 bits per heavy atom. The quantitative estimate of drug-likeness (QED) is 0.255. The summed E-state index contributed by atoms with van der Waals surface area (Å²) in [5.41, 5.74) is 10.5. The average molecular weight is 458 g/mol. The molecule has 1 heterocycles. The molecule has 3 heteroatoms. The van der Waals surface area contributed by atoms with Crippen LogP contribution in [0.4, 0.5) is 17.1 Å². The van der Waals surface area contributed by atoms with Crippen LogP contribution >= 0.6 is 0 Å². The van der Waals surface area contributed by atoms with E-state index in [4.69, 9.17) is 0 Å². The Balaban J connectivity index is 1.71. The normalized spacial score (nSPS) is 13.7. The molecule has 3 nitrogen and oxygen atoms in total. The maximum absolute atomic E-state index is 9.91. The molecule has 2 aliphatic rings. The summed E-state index contributed by atoms with van der Waals surface area (Å²) in [6.07, 6.45) is 0. The van der Waals surface area contributed by atoms with Crippen molar-refractivity contribution in [2.24, 2.45) is 0 Å². The van der Waals surface area contributed by atoms with Crippen molar-refractivity contribution in [3.05, 3.63) is 149 Å². The molecule has 0 bridgehead atoms. The van der Waals surface area contributed by atoms with E-state index in [9.17, 15) is 10.5 Å². The molecule has 7 rings (SSSR count). The largest absolute Gasteiger partial charge is 0.310 e. The third-order valence-electron chi connectivity index (χ3n) is 7.51. The van der Waals surface area contributed by atoms with Crippen LogP contribution in [0.2, 0.25) is 0 Å². The van der Waals surface area contributed by atoms with Crippen LogP contribution in [0.3, 0.4) is 0 Å². The number of nitrogens with zero attached hydrogens (tertiary/aromatic N) is 3. The molecule has 0 fully saturated rings. The zero-order valence-electron chi connectivity index (χ0n) is 19.3. The molecule has 5 aromatic carbocycles. The molecule has 166 valence electrons. The van der Waals surface area contributed by atoms with Gasteiger partial charge in [-0.2, -0.15) is 10.5 Å². The summed E-state index contributed by atoms with van der Waals surface area (Å²) in [5, 5.41) is 19.8. The van der Waals surface area contributed by atoms with E-state index >= 15 is 0 Å². The zero-order valence-corrected chi connectivity index (χ0v) is 19.3. The van der Waals surface area contributed by atoms with Gasteiger partial charge in [0.2, 0.25) is 0 Å². The molecule has 0 N–H and O–H groups in total. The summed E-state index contributed by atoms with van der Waals surface area (Å²) in [5.74, 6) is 0. The molecule has 1 spiro atoms. The van der Waals surface area contributed by atoms with Crippen LogP contribution in [0, 0.1) is 22.7 Å². The summed E-state index contributed by atoms with van der Waals surface area (Å²) in [7, 11) is 0. The molecule has 0 atom stereocenters. The molecule has 0 unspecified atom stereocenters. The average Bonchev–Trinajstić information content (AvgIpc) is 3.25. The predicted molar refractivity (Wildman–Crippen MR) is 141 cm³/mol. The van der Waals surface area contributed by atoms with Crippen molar-refractivity contribution in [3.63, 3.8) is 0 Å². The second-order valence-corrected chi connectivity index (χ2v) is 9.20. The number of benzene rings is 5. The SMILES string of the molecule is N#Cc1ccc2c(c1)C1(c3ccccc3-c3ccccc31)c1cc(C#N)ccc1N2c1ccccc1. The third kappa shape index (κ3) is 2.49. The molecule has 0 saturated heterocycles. The Labute approximate surface area is 209 Å². The molecule has 0 aromatic heterocycles. The lowest BCUT2D eigenvalue weighted by Gasteiger charge is -2.45. The van der Waals surface area contributed by atoms with Gasteiger partial charge in [0, 0.05) is 5.69 Å². The summed E-state index contributed by atoms with van der Waals surface area (Å²) in [6, 6.07) is 44.0. The van der Waals surface area contributed by atoms with E-state index in [1.807, 2.05) is 42.5 Å². The summed E-state index contributed by atoms with van der Waals surface area (Å²) in [6.45, 7) is 0. The van der Waals surface area contributed by atoms with Gasteiger partial charge in [-0.05, 0) is 81.9 Å². The van der Waals surface area contributed by atoms with E-state index in [2.05, 4.69) is 89.8 Å². The van der Waals surface area contributed by atoms with Crippen LogP contribution in [0.15, 0.2) is 115 Å². The van der Waals surface area contributed by atoms with Gasteiger partial charge in [0.15, 0.2) is 0 Å². The van der Waals surface area contributed by atoms with Crippen molar-refractivity contribution in [1.29, 1.82) is 10.5 Å². The second kappa shape index (κ2) is 7.44. The number of fused-ring (bicyclic) bond motifs is 9. The van der Waals surface area contributed by atoms with Crippen LogP contribution < -0.4 is 4.90 Å². The number of rotatable bonds is 1. The van der Waals surface area contributed by atoms with Crippen LogP contribution in [0.1, 0.15) is 33.4 Å². The predicted octanol–water partition coefficient (Wildman–Crippen LogP) is 7.58. The Morgan fingerprint density at radius 1 is 0.500 bits per heavy atom. The highest BCUT2D eigenvalue weighted by Crippen LogP contribution is 2.63. The van der Waals surface area contributed by atoms with Gasteiger partial charge in [0.25, 0.3) is 0 Å². The molecule has 36 heavy (non-hydrogen) atoms. The van der Waals surface area contributed by atoms with Crippen molar-refractivity contribution in [3.8, 4) is 23.3 Å². The second-order valence-electron chi connectivity index (χ2n) is 9.20. The van der Waals surface area contributed by atoms with Crippen molar-refractivity contribution in [1.82, 2.24) is 0 Å². The number of nitriles is 2. The van der Waals surface area contributed by atoms with E-state index in [0.717, 1.165) is 28.2 Å². The van der Waals surface area contributed by atoms with Crippen LogP contribution in [-0.4, -0.2) is 0 Å². The van der Waals surface area contributed by atoms with Gasteiger partial charge in [-0.3, -0.25) is 0 Å². The van der Waals surface area contributed by atoms with E-state index in [0.29, 0.717) is 11.1 Å². The fourth-order valence-electron chi connectivity index (χ4n) is 6.15. The van der Waals surface area contributed by atoms with Crippen molar-refractivity contribution >= 4 is 17.1 Å². The van der Waals surface area contributed by atoms with Crippen LogP contribution in [0.5, 0.6) is 0 Å². The Morgan fingerprint density at radius 2 is 0.972 bits per heavy atom. The van der Waals surface area contributed by atoms with Gasteiger partial charge in [-0.25, -0.2) is 0 Å². The third-order valence-corrected chi connectivity index (χ3v) is 7.51. The Kier molecular flexibility index (Phi) is 4.19. The van der Waals surface area contributed by atoms with Crippen molar-refractivity contribution < 1.29 is 0 Å². The Hall–Kier alpha value is -5.12. The summed E-state index contributed by atoms with van der Waals surface area (Å²) >= 11 is 0. The monoisotopic (exact) mass is 457 g/mol. The first-order chi connectivity index (χ1) is 17.8. The highest BCUT2D eigenvalue weighted by Gasteiger charge is 2.51. The smallest absolute Gasteiger partial charge is 0.0991 e. The van der Waals surface area contributed by atoms with Gasteiger partial charge in [-0.15, -0.1) is 0 Å². The first kappa shape index (κ1) is 20.3. The maximum atomic E-state index is 9.91. The van der Waals surface area contributed by atoms with Gasteiger partial charge >= 0.3 is 0 Å². The first-order valence-electron chi connectivity index (χ1n) is 11.9. The number of hydrogen-bond donors (Lipinski definition) is 0. The highest BCUT2D eigenvalue weighted by atomic mass is 15.2. The van der Waals surface area contributed by atoms with Gasteiger partial charge in [0.05, 0.1) is 40.1 Å². The van der Waals surface area contributed by atoms with E-state index < -0.39 is 5.41 Å². The first-order valence-corrected chi connectivity index (χ1v) is 11.9. The van der Waals surface area contributed by atoms with Gasteiger partial charge in [-0.1, -0.05) is 66.7 Å². The van der Waals surface area contributed by atoms with Gasteiger partial charge < -0.3 is 4.90 Å². The van der Waals surface area contributed by atoms with E-state index in [-0.39, 0.29) is 0 Å². The lowest BCUT2D eigenvalue weighted by Crippen LogP contribution is -2.36. The summed E-state index contributed by atoms with van der Waals surface area (Å²) < 4.78 is 0. The lowest BCUT2D eigenvalue weighted by molar-refractivity contribution is 0.751. The van der Waals surface area contributed by atoms with E-state index in [1.165, 1.54) is 22.3 Å². The fraction of sp³-hybridized carbons (Fsp3) is 0.0303. The topological polar surface area (TPSA) is 50.8 Å². The van der Waals surface area contributed by atoms with Crippen molar-refractivity contribution in [2.45, 2.75) is 5.41 Å². The molecule has 5 aromatic rings. The molecule has 0 radical (unpaired) electrons. The number of anilines is 3.